The smallest absolute Gasteiger partial charge is 0.351 e. The van der Waals surface area contributed by atoms with Crippen LogP contribution in [0.5, 0.6) is 0 Å². The molecule has 5 nitrogen and oxygen atoms in total. The monoisotopic (exact) mass is 244 g/mol. The standard InChI is InChI=1S/C13H8O5/c1-6-5-17-11-4-10-7(2-8(6)11)3-9(12(14)15)13(16)18-10/h2-5H,1H3,(H,14,15). The average molecular weight is 244 g/mol. The van der Waals surface area contributed by atoms with E-state index in [1.165, 1.54) is 6.07 Å². The highest BCUT2D eigenvalue weighted by Crippen LogP contribution is 2.26. The van der Waals surface area contributed by atoms with Gasteiger partial charge in [0.1, 0.15) is 16.7 Å². The molecule has 0 spiro atoms. The molecule has 3 rings (SSSR count). The van der Waals surface area contributed by atoms with Crippen LogP contribution in [0.4, 0.5) is 0 Å². The zero-order valence-corrected chi connectivity index (χ0v) is 9.39. The summed E-state index contributed by atoms with van der Waals surface area (Å²) in [4.78, 5) is 22.3. The zero-order valence-electron chi connectivity index (χ0n) is 9.39. The number of hydrogen-bond acceptors (Lipinski definition) is 4. The molecule has 0 saturated carbocycles. The van der Waals surface area contributed by atoms with E-state index in [0.717, 1.165) is 10.9 Å². The van der Waals surface area contributed by atoms with Crippen molar-refractivity contribution in [1.29, 1.82) is 0 Å². The minimum absolute atomic E-state index is 0.312. The fourth-order valence-corrected chi connectivity index (χ4v) is 1.92. The van der Waals surface area contributed by atoms with Crippen molar-refractivity contribution < 1.29 is 18.7 Å². The molecule has 1 N–H and O–H groups in total. The lowest BCUT2D eigenvalue weighted by Crippen LogP contribution is -2.12. The first kappa shape index (κ1) is 10.6. The predicted octanol–water partition coefficient (Wildman–Crippen LogP) is 2.55. The molecule has 2 aromatic heterocycles. The van der Waals surface area contributed by atoms with Gasteiger partial charge in [0, 0.05) is 16.8 Å². The molecule has 0 saturated heterocycles. The molecule has 0 fully saturated rings. The molecule has 18 heavy (non-hydrogen) atoms. The molecule has 3 aromatic rings. The zero-order chi connectivity index (χ0) is 12.9. The summed E-state index contributed by atoms with van der Waals surface area (Å²) in [6.45, 7) is 1.88. The van der Waals surface area contributed by atoms with Crippen LogP contribution >= 0.6 is 0 Å². The number of benzene rings is 1. The van der Waals surface area contributed by atoms with E-state index in [1.807, 2.05) is 6.92 Å². The molecule has 0 amide bonds. The fourth-order valence-electron chi connectivity index (χ4n) is 1.92. The van der Waals surface area contributed by atoms with Crippen LogP contribution in [0.1, 0.15) is 15.9 Å². The summed E-state index contributed by atoms with van der Waals surface area (Å²) in [6.07, 6.45) is 1.60. The minimum atomic E-state index is -1.30. The van der Waals surface area contributed by atoms with Crippen LogP contribution in [-0.2, 0) is 0 Å². The van der Waals surface area contributed by atoms with Crippen LogP contribution < -0.4 is 5.63 Å². The van der Waals surface area contributed by atoms with Crippen molar-refractivity contribution in [1.82, 2.24) is 0 Å². The van der Waals surface area contributed by atoms with Crippen molar-refractivity contribution >= 4 is 27.9 Å². The first-order valence-corrected chi connectivity index (χ1v) is 5.25. The van der Waals surface area contributed by atoms with Crippen LogP contribution in [0, 0.1) is 6.92 Å². The summed E-state index contributed by atoms with van der Waals surface area (Å²) in [5.41, 5.74) is 0.619. The Morgan fingerprint density at radius 1 is 1.22 bits per heavy atom. The lowest BCUT2D eigenvalue weighted by molar-refractivity contribution is 0.0692. The molecule has 5 heteroatoms. The van der Waals surface area contributed by atoms with Gasteiger partial charge in [0.15, 0.2) is 0 Å². The number of fused-ring (bicyclic) bond motifs is 2. The topological polar surface area (TPSA) is 80.7 Å². The van der Waals surface area contributed by atoms with Gasteiger partial charge in [-0.15, -0.1) is 0 Å². The van der Waals surface area contributed by atoms with E-state index >= 15 is 0 Å². The van der Waals surface area contributed by atoms with E-state index in [0.29, 0.717) is 16.6 Å². The number of rotatable bonds is 1. The number of carboxylic acid groups (broad SMARTS) is 1. The molecular formula is C13H8O5. The quantitative estimate of drug-likeness (QED) is 0.665. The van der Waals surface area contributed by atoms with E-state index in [2.05, 4.69) is 0 Å². The van der Waals surface area contributed by atoms with Gasteiger partial charge in [-0.2, -0.15) is 0 Å². The third-order valence-electron chi connectivity index (χ3n) is 2.85. The fraction of sp³-hybridized carbons (Fsp3) is 0.0769. The molecule has 0 aliphatic carbocycles. The van der Waals surface area contributed by atoms with Gasteiger partial charge in [-0.3, -0.25) is 0 Å². The van der Waals surface area contributed by atoms with Gasteiger partial charge < -0.3 is 13.9 Å². The Bertz CT molecular complexity index is 838. The lowest BCUT2D eigenvalue weighted by atomic mass is 10.1. The maximum atomic E-state index is 11.4. The van der Waals surface area contributed by atoms with E-state index in [-0.39, 0.29) is 5.56 Å². The largest absolute Gasteiger partial charge is 0.477 e. The summed E-state index contributed by atoms with van der Waals surface area (Å²) in [5.74, 6) is -1.30. The maximum absolute atomic E-state index is 11.4. The van der Waals surface area contributed by atoms with E-state index in [9.17, 15) is 9.59 Å². The highest BCUT2D eigenvalue weighted by Gasteiger charge is 2.13. The Kier molecular flexibility index (Phi) is 2.04. The number of aromatic carboxylic acids is 1. The molecule has 2 heterocycles. The van der Waals surface area contributed by atoms with Crippen molar-refractivity contribution in [2.75, 3.05) is 0 Å². The van der Waals surface area contributed by atoms with Crippen molar-refractivity contribution in [3.8, 4) is 0 Å². The number of hydrogen-bond donors (Lipinski definition) is 1. The summed E-state index contributed by atoms with van der Waals surface area (Å²) >= 11 is 0. The molecule has 0 aliphatic rings. The van der Waals surface area contributed by atoms with Crippen molar-refractivity contribution in [3.63, 3.8) is 0 Å². The minimum Gasteiger partial charge on any atom is -0.477 e. The molecule has 90 valence electrons. The highest BCUT2D eigenvalue weighted by atomic mass is 16.4. The Morgan fingerprint density at radius 2 is 2.00 bits per heavy atom. The Morgan fingerprint density at radius 3 is 2.72 bits per heavy atom. The van der Waals surface area contributed by atoms with E-state index < -0.39 is 11.6 Å². The van der Waals surface area contributed by atoms with Crippen LogP contribution in [-0.4, -0.2) is 11.1 Å². The third-order valence-corrected chi connectivity index (χ3v) is 2.85. The SMILES string of the molecule is Cc1coc2cc3oc(=O)c(C(=O)O)cc3cc12. The second-order valence-electron chi connectivity index (χ2n) is 4.06. The van der Waals surface area contributed by atoms with Crippen molar-refractivity contribution in [2.45, 2.75) is 6.92 Å². The predicted molar refractivity (Wildman–Crippen MR) is 64.0 cm³/mol. The van der Waals surface area contributed by atoms with Crippen molar-refractivity contribution in [2.24, 2.45) is 0 Å². The van der Waals surface area contributed by atoms with Crippen LogP contribution in [0.2, 0.25) is 0 Å². The van der Waals surface area contributed by atoms with Gasteiger partial charge in [-0.25, -0.2) is 9.59 Å². The molecule has 1 aromatic carbocycles. The van der Waals surface area contributed by atoms with Gasteiger partial charge in [0.2, 0.25) is 0 Å². The van der Waals surface area contributed by atoms with Gasteiger partial charge >= 0.3 is 11.6 Å². The summed E-state index contributed by atoms with van der Waals surface area (Å²) in [5, 5.41) is 10.3. The van der Waals surface area contributed by atoms with Gasteiger partial charge in [0.25, 0.3) is 0 Å². The van der Waals surface area contributed by atoms with E-state index in [4.69, 9.17) is 13.9 Å². The number of carboxylic acids is 1. The summed E-state index contributed by atoms with van der Waals surface area (Å²) in [6, 6.07) is 4.65. The molecule has 0 atom stereocenters. The van der Waals surface area contributed by atoms with Crippen LogP contribution in [0.15, 0.2) is 38.1 Å². The Balaban J connectivity index is 2.45. The van der Waals surface area contributed by atoms with Gasteiger partial charge in [-0.05, 0) is 24.6 Å². The van der Waals surface area contributed by atoms with Crippen molar-refractivity contribution in [3.05, 3.63) is 46.0 Å². The number of furan rings is 1. The van der Waals surface area contributed by atoms with Gasteiger partial charge in [0.05, 0.1) is 6.26 Å². The summed E-state index contributed by atoms with van der Waals surface area (Å²) < 4.78 is 10.3. The van der Waals surface area contributed by atoms with Crippen LogP contribution in [0.25, 0.3) is 21.9 Å². The molecular weight excluding hydrogens is 236 g/mol. The maximum Gasteiger partial charge on any atom is 0.351 e. The van der Waals surface area contributed by atoms with E-state index in [1.54, 1.807) is 18.4 Å². The normalized spacial score (nSPS) is 11.2. The molecule has 0 bridgehead atoms. The molecule has 0 unspecified atom stereocenters. The first-order chi connectivity index (χ1) is 8.56. The first-order valence-electron chi connectivity index (χ1n) is 5.25. The van der Waals surface area contributed by atoms with Crippen LogP contribution in [0.3, 0.4) is 0 Å². The summed E-state index contributed by atoms with van der Waals surface area (Å²) in [7, 11) is 0. The molecule has 0 radical (unpaired) electrons. The number of carbonyl (C=O) groups is 1. The lowest BCUT2D eigenvalue weighted by Gasteiger charge is -1.99. The second-order valence-corrected chi connectivity index (χ2v) is 4.06. The van der Waals surface area contributed by atoms with Gasteiger partial charge in [-0.1, -0.05) is 0 Å². The average Bonchev–Trinajstić information content (AvgIpc) is 2.67. The third kappa shape index (κ3) is 1.41. The number of aryl methyl sites for hydroxylation is 1. The second kappa shape index (κ2) is 3.46. The Hall–Kier alpha value is -2.56. The Labute approximate surface area is 100 Å². The molecule has 0 aliphatic heterocycles. The highest BCUT2D eigenvalue weighted by molar-refractivity contribution is 5.97.